The van der Waals surface area contributed by atoms with Crippen molar-refractivity contribution in [1.29, 1.82) is 0 Å². The normalized spacial score (nSPS) is 21.5. The van der Waals surface area contributed by atoms with Gasteiger partial charge in [-0.05, 0) is 160 Å². The van der Waals surface area contributed by atoms with Crippen LogP contribution in [-0.4, -0.2) is 4.57 Å². The molecule has 0 amide bonds. The Balaban J connectivity index is 0.969. The van der Waals surface area contributed by atoms with E-state index in [0.29, 0.717) is 11.8 Å². The zero-order valence-electron chi connectivity index (χ0n) is 40.9. The molecule has 71 heavy (non-hydrogen) atoms. The number of nitrogens with zero attached hydrogens (tertiary/aromatic N) is 2. The minimum atomic E-state index is -0.142. The van der Waals surface area contributed by atoms with Gasteiger partial charge in [0.15, 0.2) is 0 Å². The van der Waals surface area contributed by atoms with Crippen LogP contribution in [0.4, 0.5) is 17.1 Å². The topological polar surface area (TPSA) is 8.17 Å². The molecule has 15 rings (SSSR count). The van der Waals surface area contributed by atoms with Crippen LogP contribution >= 0.6 is 11.3 Å². The summed E-state index contributed by atoms with van der Waals surface area (Å²) in [7, 11) is 0. The summed E-state index contributed by atoms with van der Waals surface area (Å²) in [4.78, 5) is 2.60. The predicted molar refractivity (Wildman–Crippen MR) is 301 cm³/mol. The monoisotopic (exact) mass is 932 g/mol. The van der Waals surface area contributed by atoms with E-state index >= 15 is 0 Å². The quantitative estimate of drug-likeness (QED) is 0.167. The van der Waals surface area contributed by atoms with Gasteiger partial charge < -0.3 is 9.47 Å². The summed E-state index contributed by atoms with van der Waals surface area (Å²) < 4.78 is 5.32. The molecule has 0 atom stereocenters. The summed E-state index contributed by atoms with van der Waals surface area (Å²) in [6.45, 7) is 9.86. The fraction of sp³-hybridized carbons (Fsp3) is 0.206. The Bertz CT molecular complexity index is 3960. The lowest BCUT2D eigenvalue weighted by Crippen LogP contribution is -2.53. The molecule has 3 heteroatoms. The molecule has 9 aromatic carbocycles. The fourth-order valence-corrected chi connectivity index (χ4v) is 16.4. The average molecular weight is 933 g/mol. The second kappa shape index (κ2) is 15.2. The Kier molecular flexibility index (Phi) is 8.87. The van der Waals surface area contributed by atoms with E-state index in [4.69, 9.17) is 0 Å². The number of benzene rings is 9. The van der Waals surface area contributed by atoms with Crippen LogP contribution in [0.2, 0.25) is 0 Å². The third-order valence-corrected chi connectivity index (χ3v) is 19.1. The van der Waals surface area contributed by atoms with Crippen molar-refractivity contribution in [2.24, 2.45) is 23.7 Å². The molecule has 0 radical (unpaired) electrons. The molecule has 11 aromatic rings. The fourth-order valence-electron chi connectivity index (χ4n) is 15.3. The molecule has 0 N–H and O–H groups in total. The lowest BCUT2D eigenvalue weighted by molar-refractivity contribution is 0.0271. The molecule has 344 valence electrons. The maximum atomic E-state index is 2.67. The van der Waals surface area contributed by atoms with Crippen LogP contribution in [-0.2, 0) is 10.8 Å². The van der Waals surface area contributed by atoms with Gasteiger partial charge in [-0.1, -0.05) is 167 Å². The minimum absolute atomic E-state index is 0.0281. The van der Waals surface area contributed by atoms with Crippen molar-refractivity contribution < 1.29 is 0 Å². The van der Waals surface area contributed by atoms with E-state index in [1.807, 2.05) is 11.3 Å². The van der Waals surface area contributed by atoms with Gasteiger partial charge in [0.25, 0.3) is 0 Å². The molecule has 1 aliphatic heterocycles. The van der Waals surface area contributed by atoms with Gasteiger partial charge in [-0.2, -0.15) is 0 Å². The molecule has 3 aliphatic carbocycles. The summed E-state index contributed by atoms with van der Waals surface area (Å²) >= 11 is 1.89. The lowest BCUT2D eigenvalue weighted by atomic mass is 9.46. The maximum absolute atomic E-state index is 2.67. The van der Waals surface area contributed by atoms with Gasteiger partial charge in [-0.15, -0.1) is 11.3 Å². The molecular weight excluding hydrogens is 877 g/mol. The first-order chi connectivity index (χ1) is 34.8. The smallest absolute Gasteiger partial charge is 0.0603 e. The van der Waals surface area contributed by atoms with E-state index in [9.17, 15) is 0 Å². The SMILES string of the molecule is CC1(C)c2ccccc2-c2ccc(N(c3ccc(-c4ccccc4-c4cccc5sc6ccccc6c45)cc3)c3ccc4c5c3c3ccccc3n5-c3ccccc3C43[C@H]4C[C@@H](C)C[C@@H]3C[C@@H](C)C4)cc21. The average Bonchev–Trinajstić information content (AvgIpc) is 4.04. The first-order valence-corrected chi connectivity index (χ1v) is 26.9. The van der Waals surface area contributed by atoms with Gasteiger partial charge in [0.05, 0.1) is 22.4 Å². The van der Waals surface area contributed by atoms with Crippen LogP contribution < -0.4 is 4.90 Å². The van der Waals surface area contributed by atoms with Gasteiger partial charge in [-0.25, -0.2) is 0 Å². The van der Waals surface area contributed by atoms with Crippen LogP contribution in [0.3, 0.4) is 0 Å². The molecular formula is C68H56N2S. The van der Waals surface area contributed by atoms with E-state index in [1.165, 1.54) is 129 Å². The highest BCUT2D eigenvalue weighted by molar-refractivity contribution is 7.25. The second-order valence-electron chi connectivity index (χ2n) is 22.2. The molecule has 0 saturated heterocycles. The van der Waals surface area contributed by atoms with E-state index in [1.54, 1.807) is 11.1 Å². The Labute approximate surface area is 420 Å². The Morgan fingerprint density at radius 3 is 1.86 bits per heavy atom. The highest BCUT2D eigenvalue weighted by atomic mass is 32.1. The number of aromatic nitrogens is 1. The van der Waals surface area contributed by atoms with Crippen LogP contribution in [0, 0.1) is 23.7 Å². The third kappa shape index (κ3) is 5.70. The van der Waals surface area contributed by atoms with Crippen molar-refractivity contribution in [2.45, 2.75) is 64.2 Å². The highest BCUT2D eigenvalue weighted by Gasteiger charge is 2.57. The standard InChI is InChI=1S/C68H56N2S/c1-41-36-44-38-42(2)39-45(37-41)68(44)56-23-11-13-25-60(56)70-59-24-12-8-19-53(59)65-61(35-34-57(68)66(65)70)69(47-32-33-51-50-18-7-10-22-55(50)67(3,4)58(51)40-47)46-30-28-43(29-31-46)48-16-5-6-17-49(48)52-21-15-27-63-64(52)54-20-9-14-26-62(54)71-63/h5-35,40-42,44-45H,36-39H2,1-4H3/t41-,42+,44+,45-,68?. The number of hydrogen-bond acceptors (Lipinski definition) is 2. The van der Waals surface area contributed by atoms with E-state index in [0.717, 1.165) is 17.5 Å². The van der Waals surface area contributed by atoms with E-state index in [2.05, 4.69) is 231 Å². The minimum Gasteiger partial charge on any atom is -0.310 e. The van der Waals surface area contributed by atoms with Crippen LogP contribution in [0.5, 0.6) is 0 Å². The Morgan fingerprint density at radius 1 is 0.465 bits per heavy atom. The number of anilines is 3. The highest BCUT2D eigenvalue weighted by Crippen LogP contribution is 2.65. The number of fused-ring (bicyclic) bond motifs is 11. The molecule has 2 aromatic heterocycles. The molecule has 0 unspecified atom stereocenters. The van der Waals surface area contributed by atoms with Crippen molar-refractivity contribution in [3.8, 4) is 39.1 Å². The van der Waals surface area contributed by atoms with Gasteiger partial charge >= 0.3 is 0 Å². The number of hydrogen-bond donors (Lipinski definition) is 0. The van der Waals surface area contributed by atoms with Crippen LogP contribution in [0.25, 0.3) is 81.0 Å². The number of rotatable bonds is 5. The van der Waals surface area contributed by atoms with E-state index in [-0.39, 0.29) is 10.8 Å². The van der Waals surface area contributed by atoms with Gasteiger partial charge in [0.2, 0.25) is 0 Å². The summed E-state index contributed by atoms with van der Waals surface area (Å²) in [6.07, 6.45) is 5.14. The number of thiophene rings is 1. The van der Waals surface area contributed by atoms with Crippen molar-refractivity contribution in [3.05, 3.63) is 216 Å². The number of para-hydroxylation sites is 2. The molecule has 2 saturated carbocycles. The maximum Gasteiger partial charge on any atom is 0.0603 e. The first-order valence-electron chi connectivity index (χ1n) is 26.1. The predicted octanol–water partition coefficient (Wildman–Crippen LogP) is 19.0. The Morgan fingerprint density at radius 2 is 1.07 bits per heavy atom. The largest absolute Gasteiger partial charge is 0.310 e. The molecule has 3 heterocycles. The van der Waals surface area contributed by atoms with Crippen molar-refractivity contribution in [1.82, 2.24) is 4.57 Å². The molecule has 1 spiro atoms. The third-order valence-electron chi connectivity index (χ3n) is 18.0. The summed E-state index contributed by atoms with van der Waals surface area (Å²) in [5, 5.41) is 5.34. The zero-order valence-corrected chi connectivity index (χ0v) is 41.7. The molecule has 2 nitrogen and oxygen atoms in total. The summed E-state index contributed by atoms with van der Waals surface area (Å²) in [5.74, 6) is 2.67. The second-order valence-corrected chi connectivity index (χ2v) is 23.3. The summed E-state index contributed by atoms with van der Waals surface area (Å²) in [6, 6.07) is 74.5. The van der Waals surface area contributed by atoms with Gasteiger partial charge in [-0.3, -0.25) is 0 Å². The van der Waals surface area contributed by atoms with Crippen molar-refractivity contribution in [2.75, 3.05) is 4.90 Å². The summed E-state index contributed by atoms with van der Waals surface area (Å²) in [5.41, 5.74) is 21.0. The van der Waals surface area contributed by atoms with E-state index < -0.39 is 0 Å². The van der Waals surface area contributed by atoms with Crippen molar-refractivity contribution in [3.63, 3.8) is 0 Å². The Hall–Kier alpha value is -7.20. The van der Waals surface area contributed by atoms with Gasteiger partial charge in [0.1, 0.15) is 0 Å². The first kappa shape index (κ1) is 41.6. The zero-order chi connectivity index (χ0) is 47.3. The molecule has 2 bridgehead atoms. The molecule has 2 fully saturated rings. The molecule has 4 aliphatic rings. The van der Waals surface area contributed by atoms with Gasteiger partial charge in [0, 0.05) is 53.1 Å². The lowest BCUT2D eigenvalue weighted by Gasteiger charge is -2.59. The van der Waals surface area contributed by atoms with Crippen LogP contribution in [0.1, 0.15) is 75.6 Å². The van der Waals surface area contributed by atoms with Crippen molar-refractivity contribution >= 4 is 70.4 Å². The van der Waals surface area contributed by atoms with Crippen LogP contribution in [0.15, 0.2) is 194 Å².